The van der Waals surface area contributed by atoms with Crippen LogP contribution in [0.1, 0.15) is 31.2 Å². The largest absolute Gasteiger partial charge is 0.469 e. The molecule has 3 N–H and O–H groups in total. The molecule has 2 atom stereocenters. The Balaban J connectivity index is 1.64. The molecule has 1 fully saturated rings. The van der Waals surface area contributed by atoms with Gasteiger partial charge in [0.25, 0.3) is 0 Å². The minimum absolute atomic E-state index is 0.0387. The first kappa shape index (κ1) is 23.6. The molecule has 1 aliphatic carbocycles. The third-order valence-electron chi connectivity index (χ3n) is 7.22. The summed E-state index contributed by atoms with van der Waals surface area (Å²) in [7, 11) is 1.25. The Labute approximate surface area is 207 Å². The molecule has 4 aliphatic rings. The third-order valence-corrected chi connectivity index (χ3v) is 7.22. The normalized spacial score (nSPS) is 25.8. The van der Waals surface area contributed by atoms with E-state index in [0.717, 1.165) is 0 Å². The second kappa shape index (κ2) is 8.80. The quantitative estimate of drug-likeness (QED) is 0.567. The van der Waals surface area contributed by atoms with Crippen LogP contribution >= 0.6 is 0 Å². The van der Waals surface area contributed by atoms with Crippen LogP contribution in [0, 0.1) is 11.3 Å². The first-order chi connectivity index (χ1) is 17.3. The van der Waals surface area contributed by atoms with Crippen LogP contribution in [-0.4, -0.2) is 61.4 Å². The molecule has 5 rings (SSSR count). The van der Waals surface area contributed by atoms with Crippen molar-refractivity contribution in [3.05, 3.63) is 52.6 Å². The van der Waals surface area contributed by atoms with Crippen molar-refractivity contribution >= 4 is 29.3 Å². The summed E-state index contributed by atoms with van der Waals surface area (Å²) >= 11 is 0. The molecule has 0 radical (unpaired) electrons. The number of anilines is 1. The SMILES string of the molecule is COC(=O)CC1C(=O)NCCN1CN1C(=O)C2(C(C#N)=C(N)OC3=C2C(=O)CCC3)c2ccccc21. The number of nitrogens with one attached hydrogen (secondary N) is 1. The van der Waals surface area contributed by atoms with Crippen LogP contribution < -0.4 is 16.0 Å². The molecule has 11 nitrogen and oxygen atoms in total. The number of hydrogen-bond donors (Lipinski definition) is 2. The smallest absolute Gasteiger partial charge is 0.307 e. The monoisotopic (exact) mass is 491 g/mol. The summed E-state index contributed by atoms with van der Waals surface area (Å²) in [6.45, 7) is 0.678. The lowest BCUT2D eigenvalue weighted by Crippen LogP contribution is -2.59. The van der Waals surface area contributed by atoms with Gasteiger partial charge in [0, 0.05) is 31.5 Å². The number of carbonyl (C=O) groups is 4. The van der Waals surface area contributed by atoms with E-state index in [1.165, 1.54) is 12.0 Å². The molecule has 1 saturated heterocycles. The van der Waals surface area contributed by atoms with E-state index < -0.39 is 23.3 Å². The Morgan fingerprint density at radius 1 is 1.31 bits per heavy atom. The highest BCUT2D eigenvalue weighted by Gasteiger charge is 2.62. The van der Waals surface area contributed by atoms with E-state index in [-0.39, 0.29) is 48.2 Å². The Bertz CT molecular complexity index is 1290. The first-order valence-corrected chi connectivity index (χ1v) is 11.7. The molecule has 0 saturated carbocycles. The topological polar surface area (TPSA) is 155 Å². The summed E-state index contributed by atoms with van der Waals surface area (Å²) in [5.74, 6) is -1.56. The number of para-hydroxylation sites is 1. The first-order valence-electron chi connectivity index (χ1n) is 11.7. The van der Waals surface area contributed by atoms with Crippen LogP contribution in [0.15, 0.2) is 47.1 Å². The third kappa shape index (κ3) is 3.29. The van der Waals surface area contributed by atoms with Crippen molar-refractivity contribution in [2.24, 2.45) is 5.73 Å². The number of nitrogens with two attached hydrogens (primary N) is 1. The molecule has 1 aromatic rings. The number of fused-ring (bicyclic) bond motifs is 3. The van der Waals surface area contributed by atoms with Crippen LogP contribution in [0.25, 0.3) is 0 Å². The number of nitrogens with zero attached hydrogens (tertiary/aromatic N) is 3. The number of esters is 1. The van der Waals surface area contributed by atoms with E-state index in [0.29, 0.717) is 42.9 Å². The molecule has 2 amide bonds. The standard InChI is InChI=1S/C25H25N5O6/c1-35-20(32)11-17-23(33)28-9-10-29(17)13-30-16-6-3-2-5-14(16)25(24(30)34)15(12-26)22(27)36-19-8-4-7-18(31)21(19)25/h2-3,5-6,17H,4,7-11,13,27H2,1H3,(H,28,33). The maximum atomic E-state index is 14.4. The van der Waals surface area contributed by atoms with Crippen molar-refractivity contribution in [3.8, 4) is 6.07 Å². The Morgan fingerprint density at radius 2 is 2.08 bits per heavy atom. The minimum Gasteiger partial charge on any atom is -0.469 e. The van der Waals surface area contributed by atoms with Crippen molar-refractivity contribution < 1.29 is 28.7 Å². The molecule has 36 heavy (non-hydrogen) atoms. The molecule has 1 spiro atoms. The number of nitriles is 1. The van der Waals surface area contributed by atoms with E-state index >= 15 is 0 Å². The van der Waals surface area contributed by atoms with Crippen molar-refractivity contribution in [2.75, 3.05) is 31.8 Å². The highest BCUT2D eigenvalue weighted by Crippen LogP contribution is 2.55. The lowest BCUT2D eigenvalue weighted by molar-refractivity contribution is -0.146. The molecule has 186 valence electrons. The second-order valence-corrected chi connectivity index (χ2v) is 9.07. The van der Waals surface area contributed by atoms with Gasteiger partial charge in [0.2, 0.25) is 17.7 Å². The maximum absolute atomic E-state index is 14.4. The molecule has 0 bridgehead atoms. The Kier molecular flexibility index (Phi) is 5.76. The summed E-state index contributed by atoms with van der Waals surface area (Å²) in [4.78, 5) is 55.5. The van der Waals surface area contributed by atoms with Crippen LogP contribution in [-0.2, 0) is 34.1 Å². The second-order valence-electron chi connectivity index (χ2n) is 9.07. The predicted octanol–water partition coefficient (Wildman–Crippen LogP) is 0.323. The number of allylic oxidation sites excluding steroid dienone is 1. The van der Waals surface area contributed by atoms with E-state index in [1.54, 1.807) is 29.2 Å². The average molecular weight is 492 g/mol. The van der Waals surface area contributed by atoms with Crippen LogP contribution in [0.3, 0.4) is 0 Å². The summed E-state index contributed by atoms with van der Waals surface area (Å²) in [5.41, 5.74) is 5.43. The number of ketones is 1. The molecular formula is C25H25N5O6. The minimum atomic E-state index is -1.73. The average Bonchev–Trinajstić information content (AvgIpc) is 3.09. The van der Waals surface area contributed by atoms with Crippen LogP contribution in [0.2, 0.25) is 0 Å². The van der Waals surface area contributed by atoms with Crippen molar-refractivity contribution in [3.63, 3.8) is 0 Å². The number of hydrogen-bond acceptors (Lipinski definition) is 9. The lowest BCUT2D eigenvalue weighted by atomic mass is 9.65. The molecule has 1 aromatic carbocycles. The van der Waals surface area contributed by atoms with Crippen molar-refractivity contribution in [1.29, 1.82) is 5.26 Å². The number of benzene rings is 1. The summed E-state index contributed by atoms with van der Waals surface area (Å²) in [6, 6.07) is 8.13. The van der Waals surface area contributed by atoms with E-state index in [9.17, 15) is 24.4 Å². The number of methoxy groups -OCH3 is 1. The maximum Gasteiger partial charge on any atom is 0.307 e. The number of piperazine rings is 1. The highest BCUT2D eigenvalue weighted by molar-refractivity contribution is 6.20. The van der Waals surface area contributed by atoms with E-state index in [1.807, 2.05) is 6.07 Å². The molecule has 0 aromatic heterocycles. The van der Waals surface area contributed by atoms with Gasteiger partial charge in [-0.3, -0.25) is 29.0 Å². The van der Waals surface area contributed by atoms with Crippen LogP contribution in [0.5, 0.6) is 0 Å². The van der Waals surface area contributed by atoms with Gasteiger partial charge >= 0.3 is 5.97 Å². The Hall–Kier alpha value is -4.17. The van der Waals surface area contributed by atoms with Gasteiger partial charge in [-0.2, -0.15) is 5.26 Å². The zero-order valence-corrected chi connectivity index (χ0v) is 19.7. The fourth-order valence-corrected chi connectivity index (χ4v) is 5.62. The van der Waals surface area contributed by atoms with Gasteiger partial charge in [-0.05, 0) is 12.5 Å². The molecule has 3 aliphatic heterocycles. The molecular weight excluding hydrogens is 466 g/mol. The lowest BCUT2D eigenvalue weighted by Gasteiger charge is -2.39. The number of Topliss-reactive ketones (excluding diaryl/α,β-unsaturated/α-hetero) is 1. The zero-order valence-electron chi connectivity index (χ0n) is 19.7. The van der Waals surface area contributed by atoms with Gasteiger partial charge in [0.15, 0.2) is 5.78 Å². The van der Waals surface area contributed by atoms with Gasteiger partial charge in [0.1, 0.15) is 28.9 Å². The summed E-state index contributed by atoms with van der Waals surface area (Å²) in [5, 5.41) is 12.9. The summed E-state index contributed by atoms with van der Waals surface area (Å²) < 4.78 is 10.5. The van der Waals surface area contributed by atoms with E-state index in [2.05, 4.69) is 5.32 Å². The van der Waals surface area contributed by atoms with Gasteiger partial charge in [0.05, 0.1) is 31.5 Å². The number of amides is 2. The predicted molar refractivity (Wildman–Crippen MR) is 124 cm³/mol. The van der Waals surface area contributed by atoms with Gasteiger partial charge in [-0.25, -0.2) is 0 Å². The van der Waals surface area contributed by atoms with Gasteiger partial charge in [-0.15, -0.1) is 0 Å². The highest BCUT2D eigenvalue weighted by atomic mass is 16.5. The molecule has 11 heteroatoms. The van der Waals surface area contributed by atoms with Gasteiger partial charge < -0.3 is 20.5 Å². The van der Waals surface area contributed by atoms with Crippen molar-refractivity contribution in [1.82, 2.24) is 10.2 Å². The van der Waals surface area contributed by atoms with Crippen LogP contribution in [0.4, 0.5) is 5.69 Å². The number of rotatable bonds is 4. The fourth-order valence-electron chi connectivity index (χ4n) is 5.62. The number of carbonyl (C=O) groups excluding carboxylic acids is 4. The van der Waals surface area contributed by atoms with Crippen molar-refractivity contribution in [2.45, 2.75) is 37.1 Å². The zero-order chi connectivity index (χ0) is 25.6. The Morgan fingerprint density at radius 3 is 2.83 bits per heavy atom. The molecule has 2 unspecified atom stereocenters. The number of ether oxygens (including phenoxy) is 2. The van der Waals surface area contributed by atoms with Gasteiger partial charge in [-0.1, -0.05) is 18.2 Å². The molecule has 3 heterocycles. The van der Waals surface area contributed by atoms with E-state index in [4.69, 9.17) is 15.2 Å². The fraction of sp³-hybridized carbons (Fsp3) is 0.400. The summed E-state index contributed by atoms with van der Waals surface area (Å²) in [6.07, 6.45) is 1.02.